The molecule has 7 heteroatoms. The fourth-order valence-corrected chi connectivity index (χ4v) is 4.60. The highest BCUT2D eigenvalue weighted by Crippen LogP contribution is 2.31. The molecule has 138 valence electrons. The summed E-state index contributed by atoms with van der Waals surface area (Å²) in [5.41, 5.74) is 1.73. The van der Waals surface area contributed by atoms with E-state index in [2.05, 4.69) is 0 Å². The van der Waals surface area contributed by atoms with Gasteiger partial charge in [0, 0.05) is 12.2 Å². The lowest BCUT2D eigenvalue weighted by atomic mass is 10.1. The number of nitrogens with zero attached hydrogens (tertiary/aromatic N) is 2. The maximum absolute atomic E-state index is 14.3. The SMILES string of the molecule is CCC(C(=O)N1CCc2ccccc21)N(c1ccccc1F)S(C)(=O)=O. The van der Waals surface area contributed by atoms with Crippen LogP contribution in [0.2, 0.25) is 0 Å². The topological polar surface area (TPSA) is 57.7 Å². The van der Waals surface area contributed by atoms with Crippen LogP contribution in [0.4, 0.5) is 15.8 Å². The van der Waals surface area contributed by atoms with Crippen LogP contribution in [0.15, 0.2) is 48.5 Å². The van der Waals surface area contributed by atoms with E-state index in [0.29, 0.717) is 6.54 Å². The summed E-state index contributed by atoms with van der Waals surface area (Å²) >= 11 is 0. The second-order valence-electron chi connectivity index (χ2n) is 6.30. The van der Waals surface area contributed by atoms with Gasteiger partial charge in [-0.2, -0.15) is 0 Å². The van der Waals surface area contributed by atoms with Gasteiger partial charge in [-0.05, 0) is 36.6 Å². The number of fused-ring (bicyclic) bond motifs is 1. The molecule has 1 atom stereocenters. The Morgan fingerprint density at radius 1 is 1.19 bits per heavy atom. The molecule has 0 aromatic heterocycles. The van der Waals surface area contributed by atoms with Crippen LogP contribution < -0.4 is 9.21 Å². The highest BCUT2D eigenvalue weighted by molar-refractivity contribution is 7.92. The van der Waals surface area contributed by atoms with Gasteiger partial charge in [0.25, 0.3) is 5.91 Å². The maximum atomic E-state index is 14.3. The van der Waals surface area contributed by atoms with Gasteiger partial charge >= 0.3 is 0 Å². The number of anilines is 2. The minimum atomic E-state index is -3.86. The van der Waals surface area contributed by atoms with E-state index in [1.807, 2.05) is 24.3 Å². The summed E-state index contributed by atoms with van der Waals surface area (Å²) in [6.07, 6.45) is 1.95. The zero-order valence-electron chi connectivity index (χ0n) is 14.7. The molecule has 0 bridgehead atoms. The Kier molecular flexibility index (Phi) is 5.00. The predicted octanol–water partition coefficient (Wildman–Crippen LogP) is 2.96. The first-order chi connectivity index (χ1) is 12.3. The second kappa shape index (κ2) is 7.07. The molecule has 26 heavy (non-hydrogen) atoms. The molecule has 0 radical (unpaired) electrons. The van der Waals surface area contributed by atoms with Gasteiger partial charge in [0.15, 0.2) is 0 Å². The van der Waals surface area contributed by atoms with E-state index in [4.69, 9.17) is 0 Å². The molecule has 5 nitrogen and oxygen atoms in total. The highest BCUT2D eigenvalue weighted by atomic mass is 32.2. The third-order valence-electron chi connectivity index (χ3n) is 4.56. The Hall–Kier alpha value is -2.41. The van der Waals surface area contributed by atoms with Gasteiger partial charge in [0.1, 0.15) is 11.9 Å². The van der Waals surface area contributed by atoms with E-state index in [0.717, 1.165) is 28.2 Å². The number of carbonyl (C=O) groups excluding carboxylic acids is 1. The van der Waals surface area contributed by atoms with E-state index in [9.17, 15) is 17.6 Å². The van der Waals surface area contributed by atoms with Crippen LogP contribution in [-0.4, -0.2) is 33.2 Å². The number of sulfonamides is 1. The molecule has 0 N–H and O–H groups in total. The minimum absolute atomic E-state index is 0.109. The largest absolute Gasteiger partial charge is 0.310 e. The Morgan fingerprint density at radius 3 is 2.50 bits per heavy atom. The minimum Gasteiger partial charge on any atom is -0.310 e. The molecule has 1 aliphatic heterocycles. The van der Waals surface area contributed by atoms with Crippen molar-refractivity contribution < 1.29 is 17.6 Å². The molecule has 2 aromatic rings. The van der Waals surface area contributed by atoms with Crippen LogP contribution in [0.25, 0.3) is 0 Å². The fraction of sp³-hybridized carbons (Fsp3) is 0.316. The van der Waals surface area contributed by atoms with Crippen molar-refractivity contribution in [2.24, 2.45) is 0 Å². The van der Waals surface area contributed by atoms with Crippen LogP contribution in [-0.2, 0) is 21.2 Å². The summed E-state index contributed by atoms with van der Waals surface area (Å²) in [4.78, 5) is 14.8. The number of hydrogen-bond acceptors (Lipinski definition) is 3. The van der Waals surface area contributed by atoms with Crippen molar-refractivity contribution >= 4 is 27.3 Å². The number of benzene rings is 2. The van der Waals surface area contributed by atoms with Crippen molar-refractivity contribution in [1.29, 1.82) is 0 Å². The summed E-state index contributed by atoms with van der Waals surface area (Å²) < 4.78 is 40.1. The molecule has 2 aromatic carbocycles. The Balaban J connectivity index is 2.03. The lowest BCUT2D eigenvalue weighted by Crippen LogP contribution is -2.50. The third kappa shape index (κ3) is 3.31. The van der Waals surface area contributed by atoms with Crippen molar-refractivity contribution in [2.45, 2.75) is 25.8 Å². The zero-order chi connectivity index (χ0) is 18.9. The van der Waals surface area contributed by atoms with Crippen molar-refractivity contribution in [3.8, 4) is 0 Å². The van der Waals surface area contributed by atoms with Crippen LogP contribution in [0.5, 0.6) is 0 Å². The molecule has 0 saturated carbocycles. The van der Waals surface area contributed by atoms with Crippen LogP contribution in [0, 0.1) is 5.82 Å². The van der Waals surface area contributed by atoms with Crippen LogP contribution in [0.3, 0.4) is 0 Å². The number of hydrogen-bond donors (Lipinski definition) is 0. The molecule has 3 rings (SSSR count). The predicted molar refractivity (Wildman–Crippen MR) is 100 cm³/mol. The number of halogens is 1. The number of rotatable bonds is 5. The molecular formula is C19H21FN2O3S. The molecule has 0 aliphatic carbocycles. The standard InChI is InChI=1S/C19H21FN2O3S/c1-3-16(19(23)21-13-12-14-8-4-6-10-17(14)21)22(26(2,24)25)18-11-7-5-9-15(18)20/h4-11,16H,3,12-13H2,1-2H3. The van der Waals surface area contributed by atoms with Crippen molar-refractivity contribution in [3.05, 3.63) is 59.9 Å². The van der Waals surface area contributed by atoms with Gasteiger partial charge in [-0.3, -0.25) is 9.10 Å². The lowest BCUT2D eigenvalue weighted by Gasteiger charge is -2.33. The molecule has 0 spiro atoms. The van der Waals surface area contributed by atoms with Gasteiger partial charge in [0.2, 0.25) is 10.0 Å². The van der Waals surface area contributed by atoms with Gasteiger partial charge in [-0.15, -0.1) is 0 Å². The molecule has 1 heterocycles. The normalized spacial score (nSPS) is 14.8. The summed E-state index contributed by atoms with van der Waals surface area (Å²) in [6, 6.07) is 12.2. The molecular weight excluding hydrogens is 355 g/mol. The highest BCUT2D eigenvalue weighted by Gasteiger charge is 2.37. The lowest BCUT2D eigenvalue weighted by molar-refractivity contribution is -0.119. The second-order valence-corrected chi connectivity index (χ2v) is 8.16. The first-order valence-corrected chi connectivity index (χ1v) is 10.3. The molecule has 0 saturated heterocycles. The quantitative estimate of drug-likeness (QED) is 0.806. The monoisotopic (exact) mass is 376 g/mol. The number of carbonyl (C=O) groups is 1. The third-order valence-corrected chi connectivity index (χ3v) is 5.72. The van der Waals surface area contributed by atoms with Gasteiger partial charge in [-0.25, -0.2) is 12.8 Å². The summed E-state index contributed by atoms with van der Waals surface area (Å²) in [6.45, 7) is 2.22. The Bertz CT molecular complexity index is 930. The van der Waals surface area contributed by atoms with Gasteiger partial charge < -0.3 is 4.90 Å². The molecule has 0 fully saturated rings. The van der Waals surface area contributed by atoms with Gasteiger partial charge in [0.05, 0.1) is 11.9 Å². The van der Waals surface area contributed by atoms with Crippen LogP contribution in [0.1, 0.15) is 18.9 Å². The van der Waals surface area contributed by atoms with Crippen LogP contribution >= 0.6 is 0 Å². The molecule has 1 unspecified atom stereocenters. The summed E-state index contributed by atoms with van der Waals surface area (Å²) in [5.74, 6) is -1.02. The van der Waals surface area contributed by atoms with E-state index < -0.39 is 21.9 Å². The maximum Gasteiger partial charge on any atom is 0.250 e. The van der Waals surface area contributed by atoms with Crippen molar-refractivity contribution in [2.75, 3.05) is 22.0 Å². The van der Waals surface area contributed by atoms with Crippen molar-refractivity contribution in [3.63, 3.8) is 0 Å². The first kappa shape index (κ1) is 18.4. The molecule has 1 amide bonds. The number of amides is 1. The molecule has 1 aliphatic rings. The van der Waals surface area contributed by atoms with E-state index >= 15 is 0 Å². The average Bonchev–Trinajstić information content (AvgIpc) is 3.03. The van der Waals surface area contributed by atoms with Gasteiger partial charge in [-0.1, -0.05) is 37.3 Å². The smallest absolute Gasteiger partial charge is 0.250 e. The van der Waals surface area contributed by atoms with Crippen molar-refractivity contribution in [1.82, 2.24) is 0 Å². The summed E-state index contributed by atoms with van der Waals surface area (Å²) in [7, 11) is -3.86. The average molecular weight is 376 g/mol. The van der Waals surface area contributed by atoms with E-state index in [-0.39, 0.29) is 18.0 Å². The van der Waals surface area contributed by atoms with E-state index in [1.165, 1.54) is 18.2 Å². The number of para-hydroxylation sites is 2. The first-order valence-electron chi connectivity index (χ1n) is 8.47. The fourth-order valence-electron chi connectivity index (χ4n) is 3.40. The summed E-state index contributed by atoms with van der Waals surface area (Å²) in [5, 5.41) is 0. The Morgan fingerprint density at radius 2 is 1.85 bits per heavy atom. The Labute approximate surface area is 153 Å². The van der Waals surface area contributed by atoms with E-state index in [1.54, 1.807) is 17.9 Å². The zero-order valence-corrected chi connectivity index (χ0v) is 15.5.